The summed E-state index contributed by atoms with van der Waals surface area (Å²) < 4.78 is 10.9. The lowest BCUT2D eigenvalue weighted by Gasteiger charge is -2.61. The topological polar surface area (TPSA) is 52.6 Å². The zero-order valence-corrected chi connectivity index (χ0v) is 15.4. The fourth-order valence-electron chi connectivity index (χ4n) is 5.85. The van der Waals surface area contributed by atoms with Crippen LogP contribution in [0.1, 0.15) is 66.2 Å². The van der Waals surface area contributed by atoms with Crippen LogP contribution in [-0.2, 0) is 19.1 Å². The largest absolute Gasteiger partial charge is 0.462 e. The van der Waals surface area contributed by atoms with Gasteiger partial charge in [0.2, 0.25) is 5.60 Å². The van der Waals surface area contributed by atoms with Crippen molar-refractivity contribution in [3.63, 3.8) is 0 Å². The van der Waals surface area contributed by atoms with Gasteiger partial charge in [0, 0.05) is 11.0 Å². The molecule has 0 aromatic rings. The average Bonchev–Trinajstić information content (AvgIpc) is 2.41. The second-order valence-electron chi connectivity index (χ2n) is 9.53. The second kappa shape index (κ2) is 5.60. The molecule has 0 amide bonds. The van der Waals surface area contributed by atoms with E-state index in [0.29, 0.717) is 12.0 Å². The van der Waals surface area contributed by atoms with E-state index in [1.54, 1.807) is 20.8 Å². The molecule has 4 aliphatic rings. The lowest BCUT2D eigenvalue weighted by Crippen LogP contribution is -2.53. The van der Waals surface area contributed by atoms with Gasteiger partial charge in [0.05, 0.1) is 6.61 Å². The Bertz CT molecular complexity index is 560. The highest BCUT2D eigenvalue weighted by Crippen LogP contribution is 2.65. The smallest absolute Gasteiger partial charge is 0.350 e. The number of esters is 2. The van der Waals surface area contributed by atoms with Crippen LogP contribution in [-0.4, -0.2) is 24.1 Å². The molecule has 4 heteroatoms. The maximum absolute atomic E-state index is 12.5. The van der Waals surface area contributed by atoms with Gasteiger partial charge in [-0.2, -0.15) is 0 Å². The van der Waals surface area contributed by atoms with Crippen LogP contribution in [0, 0.1) is 22.7 Å². The minimum Gasteiger partial charge on any atom is -0.462 e. The maximum Gasteiger partial charge on any atom is 0.350 e. The third kappa shape index (κ3) is 3.25. The molecule has 0 radical (unpaired) electrons. The maximum atomic E-state index is 12.5. The quantitative estimate of drug-likeness (QED) is 0.562. The van der Waals surface area contributed by atoms with E-state index in [9.17, 15) is 9.59 Å². The third-order valence-electron chi connectivity index (χ3n) is 6.17. The highest BCUT2D eigenvalue weighted by Gasteiger charge is 2.56. The number of carbonyl (C=O) groups excluding carboxylic acids is 2. The molecule has 4 rings (SSSR count). The summed E-state index contributed by atoms with van der Waals surface area (Å²) in [5.41, 5.74) is -0.422. The second-order valence-corrected chi connectivity index (χ2v) is 9.53. The van der Waals surface area contributed by atoms with Crippen LogP contribution >= 0.6 is 0 Å². The van der Waals surface area contributed by atoms with Crippen LogP contribution in [0.5, 0.6) is 0 Å². The van der Waals surface area contributed by atoms with Crippen molar-refractivity contribution in [3.05, 3.63) is 12.2 Å². The first-order valence-corrected chi connectivity index (χ1v) is 9.09. The first-order valence-electron chi connectivity index (χ1n) is 9.09. The van der Waals surface area contributed by atoms with E-state index >= 15 is 0 Å². The summed E-state index contributed by atoms with van der Waals surface area (Å²) in [6.07, 6.45) is 7.54. The van der Waals surface area contributed by atoms with Gasteiger partial charge < -0.3 is 9.47 Å². The van der Waals surface area contributed by atoms with Crippen LogP contribution < -0.4 is 0 Å². The number of hydrogen-bond donors (Lipinski definition) is 0. The zero-order chi connectivity index (χ0) is 17.8. The van der Waals surface area contributed by atoms with Gasteiger partial charge in [0.1, 0.15) is 0 Å². The summed E-state index contributed by atoms with van der Waals surface area (Å²) in [6, 6.07) is 0. The van der Waals surface area contributed by atoms with Crippen molar-refractivity contribution in [2.75, 3.05) is 6.61 Å². The lowest BCUT2D eigenvalue weighted by molar-refractivity contribution is -0.186. The average molecular weight is 334 g/mol. The molecule has 0 aliphatic heterocycles. The van der Waals surface area contributed by atoms with Gasteiger partial charge in [-0.1, -0.05) is 13.5 Å². The Morgan fingerprint density at radius 2 is 1.75 bits per heavy atom. The van der Waals surface area contributed by atoms with Gasteiger partial charge in [-0.3, -0.25) is 0 Å². The number of carbonyl (C=O) groups is 2. The van der Waals surface area contributed by atoms with Crippen LogP contribution in [0.2, 0.25) is 0 Å². The van der Waals surface area contributed by atoms with Gasteiger partial charge in [-0.05, 0) is 76.5 Å². The van der Waals surface area contributed by atoms with Gasteiger partial charge in [-0.25, -0.2) is 9.59 Å². The predicted octanol–water partition coefficient (Wildman–Crippen LogP) is 4.03. The molecular weight excluding hydrogens is 304 g/mol. The fourth-order valence-corrected chi connectivity index (χ4v) is 5.85. The number of hydrogen-bond acceptors (Lipinski definition) is 4. The lowest BCUT2D eigenvalue weighted by atomic mass is 9.45. The molecule has 4 nitrogen and oxygen atoms in total. The Labute approximate surface area is 145 Å². The Hall–Kier alpha value is -1.32. The SMILES string of the molecule is C=C(C)C(=O)OC(C)(C)C(=O)OCC12CC3CC(CC(C)(C3)C1)C2. The minimum atomic E-state index is -1.28. The van der Waals surface area contributed by atoms with E-state index in [1.807, 2.05) is 0 Å². The molecule has 2 atom stereocenters. The van der Waals surface area contributed by atoms with Crippen molar-refractivity contribution in [1.82, 2.24) is 0 Å². The monoisotopic (exact) mass is 334 g/mol. The predicted molar refractivity (Wildman–Crippen MR) is 91.2 cm³/mol. The molecule has 0 aromatic carbocycles. The Kier molecular flexibility index (Phi) is 4.09. The molecule has 0 saturated heterocycles. The fraction of sp³-hybridized carbons (Fsp3) is 0.800. The third-order valence-corrected chi connectivity index (χ3v) is 6.17. The summed E-state index contributed by atoms with van der Waals surface area (Å²) in [5, 5.41) is 0. The molecule has 4 bridgehead atoms. The molecule has 4 fully saturated rings. The minimum absolute atomic E-state index is 0.142. The van der Waals surface area contributed by atoms with Gasteiger partial charge >= 0.3 is 11.9 Å². The molecule has 0 N–H and O–H groups in total. The van der Waals surface area contributed by atoms with Crippen molar-refractivity contribution in [1.29, 1.82) is 0 Å². The highest BCUT2D eigenvalue weighted by molar-refractivity contribution is 5.90. The summed E-state index contributed by atoms with van der Waals surface area (Å²) >= 11 is 0. The molecular formula is C20H30O4. The Morgan fingerprint density at radius 3 is 2.25 bits per heavy atom. The zero-order valence-electron chi connectivity index (χ0n) is 15.4. The van der Waals surface area contributed by atoms with Gasteiger partial charge in [0.25, 0.3) is 0 Å². The van der Waals surface area contributed by atoms with Gasteiger partial charge in [-0.15, -0.1) is 0 Å². The van der Waals surface area contributed by atoms with Crippen LogP contribution in [0.3, 0.4) is 0 Å². The summed E-state index contributed by atoms with van der Waals surface area (Å²) in [6.45, 7) is 11.1. The van der Waals surface area contributed by atoms with Crippen molar-refractivity contribution in [2.24, 2.45) is 22.7 Å². The molecule has 0 heterocycles. The number of ether oxygens (including phenoxy) is 2. The summed E-state index contributed by atoms with van der Waals surface area (Å²) in [7, 11) is 0. The van der Waals surface area contributed by atoms with Crippen LogP contribution in [0.25, 0.3) is 0 Å². The van der Waals surface area contributed by atoms with E-state index in [4.69, 9.17) is 9.47 Å². The van der Waals surface area contributed by atoms with E-state index in [1.165, 1.54) is 32.1 Å². The van der Waals surface area contributed by atoms with Crippen molar-refractivity contribution in [3.8, 4) is 0 Å². The van der Waals surface area contributed by atoms with Crippen molar-refractivity contribution < 1.29 is 19.1 Å². The van der Waals surface area contributed by atoms with Crippen LogP contribution in [0.4, 0.5) is 0 Å². The Balaban J connectivity index is 1.62. The summed E-state index contributed by atoms with van der Waals surface area (Å²) in [4.78, 5) is 24.2. The van der Waals surface area contributed by atoms with E-state index in [-0.39, 0.29) is 11.0 Å². The molecule has 24 heavy (non-hydrogen) atoms. The van der Waals surface area contributed by atoms with Gasteiger partial charge in [0.15, 0.2) is 0 Å². The molecule has 0 aromatic heterocycles. The molecule has 0 spiro atoms. The normalized spacial score (nSPS) is 37.2. The first kappa shape index (κ1) is 17.5. The standard InChI is InChI=1S/C20H30O4/c1-13(2)16(21)24-18(3,4)17(22)23-12-20-9-14-6-15(10-20)8-19(5,7-14)11-20/h14-15H,1,6-12H2,2-5H3. The van der Waals surface area contributed by atoms with E-state index < -0.39 is 17.5 Å². The van der Waals surface area contributed by atoms with Crippen molar-refractivity contribution >= 4 is 11.9 Å². The van der Waals surface area contributed by atoms with E-state index in [2.05, 4.69) is 13.5 Å². The molecule has 4 aliphatic carbocycles. The molecule has 134 valence electrons. The highest BCUT2D eigenvalue weighted by atomic mass is 16.6. The molecule has 4 saturated carbocycles. The first-order chi connectivity index (χ1) is 11.0. The van der Waals surface area contributed by atoms with Crippen molar-refractivity contribution in [2.45, 2.75) is 71.8 Å². The van der Waals surface area contributed by atoms with E-state index in [0.717, 1.165) is 18.3 Å². The van der Waals surface area contributed by atoms with Crippen LogP contribution in [0.15, 0.2) is 12.2 Å². The Morgan fingerprint density at radius 1 is 1.17 bits per heavy atom. The number of rotatable bonds is 5. The summed E-state index contributed by atoms with van der Waals surface area (Å²) in [5.74, 6) is 0.575. The molecule has 2 unspecified atom stereocenters.